The summed E-state index contributed by atoms with van der Waals surface area (Å²) < 4.78 is 1.32. The van der Waals surface area contributed by atoms with Crippen LogP contribution in [0.3, 0.4) is 0 Å². The molecule has 10 heteroatoms. The van der Waals surface area contributed by atoms with Crippen LogP contribution in [-0.2, 0) is 0 Å². The van der Waals surface area contributed by atoms with Crippen LogP contribution >= 0.6 is 23.2 Å². The number of non-ortho nitro benzene ring substituents is 1. The summed E-state index contributed by atoms with van der Waals surface area (Å²) in [4.78, 5) is 22.8. The van der Waals surface area contributed by atoms with Gasteiger partial charge in [-0.2, -0.15) is 5.10 Å². The van der Waals surface area contributed by atoms with Crippen LogP contribution in [0, 0.1) is 16.0 Å². The summed E-state index contributed by atoms with van der Waals surface area (Å²) in [5.74, 6) is 0.0230. The molecule has 8 nitrogen and oxygen atoms in total. The predicted octanol–water partition coefficient (Wildman–Crippen LogP) is 2.94. The molecule has 0 radical (unpaired) electrons. The summed E-state index contributed by atoms with van der Waals surface area (Å²) in [6.45, 7) is 2.26. The fourth-order valence-electron chi connectivity index (χ4n) is 2.81. The Morgan fingerprint density at radius 2 is 2.08 bits per heavy atom. The van der Waals surface area contributed by atoms with Crippen LogP contribution in [-0.4, -0.2) is 32.7 Å². The molecule has 3 N–H and O–H groups in total. The molecule has 1 unspecified atom stereocenters. The lowest BCUT2D eigenvalue weighted by atomic mass is 9.96. The lowest BCUT2D eigenvalue weighted by molar-refractivity contribution is -0.384. The van der Waals surface area contributed by atoms with Gasteiger partial charge < -0.3 is 11.1 Å². The third-order valence-corrected chi connectivity index (χ3v) is 5.14. The van der Waals surface area contributed by atoms with Crippen molar-refractivity contribution in [1.29, 1.82) is 0 Å². The Kier molecular flexibility index (Phi) is 4.92. The zero-order chi connectivity index (χ0) is 19.1. The molecule has 1 aliphatic rings. The van der Waals surface area contributed by atoms with E-state index in [9.17, 15) is 14.9 Å². The first-order valence-electron chi connectivity index (χ1n) is 7.97. The summed E-state index contributed by atoms with van der Waals surface area (Å²) in [6.07, 6.45) is 3.59. The Hall–Kier alpha value is -2.16. The number of hydrogen-bond acceptors (Lipinski definition) is 5. The number of nitrogens with zero attached hydrogens (tertiary/aromatic N) is 3. The van der Waals surface area contributed by atoms with Crippen molar-refractivity contribution in [3.8, 4) is 5.69 Å². The highest BCUT2D eigenvalue weighted by Gasteiger charge is 2.41. The van der Waals surface area contributed by atoms with Crippen molar-refractivity contribution in [2.24, 2.45) is 11.7 Å². The molecule has 0 saturated heterocycles. The number of nitro groups is 1. The van der Waals surface area contributed by atoms with Crippen molar-refractivity contribution in [1.82, 2.24) is 15.1 Å². The zero-order valence-corrected chi connectivity index (χ0v) is 15.4. The molecule has 0 spiro atoms. The second-order valence-corrected chi connectivity index (χ2v) is 7.33. The van der Waals surface area contributed by atoms with E-state index in [-0.39, 0.29) is 33.0 Å². The third kappa shape index (κ3) is 3.53. The van der Waals surface area contributed by atoms with Gasteiger partial charge in [-0.1, -0.05) is 23.2 Å². The van der Waals surface area contributed by atoms with Crippen LogP contribution in [0.25, 0.3) is 5.69 Å². The van der Waals surface area contributed by atoms with E-state index in [0.29, 0.717) is 12.5 Å². The minimum atomic E-state index is -0.588. The molecule has 0 aliphatic heterocycles. The summed E-state index contributed by atoms with van der Waals surface area (Å²) in [5, 5.41) is 18.1. The maximum Gasteiger partial charge on any atom is 0.272 e. The summed E-state index contributed by atoms with van der Waals surface area (Å²) in [5.41, 5.74) is 5.57. The lowest BCUT2D eigenvalue weighted by Crippen LogP contribution is -2.53. The maximum atomic E-state index is 12.5. The third-order valence-electron chi connectivity index (χ3n) is 4.56. The number of hydrogen-bond donors (Lipinski definition) is 2. The molecule has 1 aliphatic carbocycles. The predicted molar refractivity (Wildman–Crippen MR) is 97.9 cm³/mol. The van der Waals surface area contributed by atoms with Crippen LogP contribution in [0.4, 0.5) is 5.69 Å². The number of rotatable bonds is 6. The molecular weight excluding hydrogens is 381 g/mol. The first-order chi connectivity index (χ1) is 12.2. The Bertz CT molecular complexity index is 858. The van der Waals surface area contributed by atoms with E-state index in [4.69, 9.17) is 28.9 Å². The van der Waals surface area contributed by atoms with Crippen LogP contribution in [0.15, 0.2) is 24.4 Å². The van der Waals surface area contributed by atoms with E-state index in [2.05, 4.69) is 10.4 Å². The minimum absolute atomic E-state index is 0.0593. The summed E-state index contributed by atoms with van der Waals surface area (Å²) in [6, 6.07) is 3.89. The smallest absolute Gasteiger partial charge is 0.272 e. The van der Waals surface area contributed by atoms with Gasteiger partial charge in [0, 0.05) is 24.9 Å². The monoisotopic (exact) mass is 397 g/mol. The number of nitrogens with one attached hydrogen (secondary N) is 1. The topological polar surface area (TPSA) is 116 Å². The number of aromatic nitrogens is 2. The fourth-order valence-corrected chi connectivity index (χ4v) is 3.46. The molecule has 1 saturated carbocycles. The zero-order valence-electron chi connectivity index (χ0n) is 13.9. The van der Waals surface area contributed by atoms with Crippen molar-refractivity contribution in [2.45, 2.75) is 25.3 Å². The first kappa shape index (κ1) is 18.6. The van der Waals surface area contributed by atoms with Crippen molar-refractivity contribution in [2.75, 3.05) is 6.54 Å². The second kappa shape index (κ2) is 6.86. The average molecular weight is 398 g/mol. The summed E-state index contributed by atoms with van der Waals surface area (Å²) >= 11 is 12.2. The number of carbonyl (C=O) groups excluding carboxylic acids is 1. The number of halogens is 2. The van der Waals surface area contributed by atoms with E-state index in [1.54, 1.807) is 0 Å². The molecule has 1 heterocycles. The standard InChI is InChI=1S/C16H17Cl2N5O3/c1-16(8-19,9-2-3-9)20-15(24)13-4-5-22(21-13)14-11(17)6-10(23(25)26)7-12(14)18/h4-7,9H,2-3,8,19H2,1H3,(H,20,24). The molecule has 26 heavy (non-hydrogen) atoms. The van der Waals surface area contributed by atoms with Crippen LogP contribution in [0.2, 0.25) is 10.0 Å². The number of benzene rings is 1. The van der Waals surface area contributed by atoms with Crippen molar-refractivity contribution >= 4 is 34.8 Å². The molecule has 1 aromatic carbocycles. The van der Waals surface area contributed by atoms with Gasteiger partial charge >= 0.3 is 0 Å². The lowest BCUT2D eigenvalue weighted by Gasteiger charge is -2.29. The van der Waals surface area contributed by atoms with Gasteiger partial charge in [-0.3, -0.25) is 14.9 Å². The average Bonchev–Trinajstić information content (AvgIpc) is 3.33. The van der Waals surface area contributed by atoms with E-state index in [1.165, 1.54) is 29.1 Å². The van der Waals surface area contributed by atoms with Gasteiger partial charge in [0.1, 0.15) is 5.69 Å². The number of carbonyl (C=O) groups is 1. The van der Waals surface area contributed by atoms with Crippen molar-refractivity contribution in [3.63, 3.8) is 0 Å². The van der Waals surface area contributed by atoms with Crippen LogP contribution < -0.4 is 11.1 Å². The van der Waals surface area contributed by atoms with Crippen molar-refractivity contribution in [3.05, 3.63) is 50.2 Å². The van der Waals surface area contributed by atoms with Crippen LogP contribution in [0.5, 0.6) is 0 Å². The van der Waals surface area contributed by atoms with E-state index < -0.39 is 10.5 Å². The van der Waals surface area contributed by atoms with Crippen LogP contribution in [0.1, 0.15) is 30.3 Å². The Balaban J connectivity index is 1.86. The van der Waals surface area contributed by atoms with Gasteiger partial charge in [0.25, 0.3) is 11.6 Å². The molecule has 1 amide bonds. The second-order valence-electron chi connectivity index (χ2n) is 6.51. The minimum Gasteiger partial charge on any atom is -0.344 e. The van der Waals surface area contributed by atoms with Gasteiger partial charge in [0.05, 0.1) is 20.5 Å². The molecule has 1 fully saturated rings. The van der Waals surface area contributed by atoms with E-state index in [1.807, 2.05) is 6.92 Å². The maximum absolute atomic E-state index is 12.5. The number of nitrogens with two attached hydrogens (primary N) is 1. The Labute approximate surface area is 159 Å². The number of nitro benzene ring substituents is 1. The molecule has 2 aromatic rings. The van der Waals surface area contributed by atoms with E-state index in [0.717, 1.165) is 12.8 Å². The molecule has 3 rings (SSSR count). The normalized spacial score (nSPS) is 16.2. The quantitative estimate of drug-likeness (QED) is 0.573. The molecule has 138 valence electrons. The first-order valence-corrected chi connectivity index (χ1v) is 8.73. The summed E-state index contributed by atoms with van der Waals surface area (Å²) in [7, 11) is 0. The molecule has 1 aromatic heterocycles. The number of amides is 1. The van der Waals surface area contributed by atoms with Gasteiger partial charge in [-0.05, 0) is 31.7 Å². The SMILES string of the molecule is CC(CN)(NC(=O)c1ccn(-c2c(Cl)cc([N+](=O)[O-])cc2Cl)n1)C1CC1. The van der Waals surface area contributed by atoms with Gasteiger partial charge in [-0.15, -0.1) is 0 Å². The molecule has 1 atom stereocenters. The van der Waals surface area contributed by atoms with Gasteiger partial charge in [0.15, 0.2) is 5.69 Å². The highest BCUT2D eigenvalue weighted by molar-refractivity contribution is 6.38. The van der Waals surface area contributed by atoms with Gasteiger partial charge in [-0.25, -0.2) is 4.68 Å². The highest BCUT2D eigenvalue weighted by atomic mass is 35.5. The molecule has 0 bridgehead atoms. The largest absolute Gasteiger partial charge is 0.344 e. The van der Waals surface area contributed by atoms with Gasteiger partial charge in [0.2, 0.25) is 0 Å². The molecular formula is C16H17Cl2N5O3. The Morgan fingerprint density at radius 1 is 1.46 bits per heavy atom. The van der Waals surface area contributed by atoms with E-state index >= 15 is 0 Å². The fraction of sp³-hybridized carbons (Fsp3) is 0.375. The van der Waals surface area contributed by atoms with Crippen molar-refractivity contribution < 1.29 is 9.72 Å². The Morgan fingerprint density at radius 3 is 2.58 bits per heavy atom. The highest BCUT2D eigenvalue weighted by Crippen LogP contribution is 2.39.